The van der Waals surface area contributed by atoms with Gasteiger partial charge in [0.05, 0.1) is 17.8 Å². The highest BCUT2D eigenvalue weighted by atomic mass is 35.5. The molecule has 176 valence electrons. The molecule has 1 unspecified atom stereocenters. The van der Waals surface area contributed by atoms with E-state index >= 15 is 0 Å². The van der Waals surface area contributed by atoms with Gasteiger partial charge < -0.3 is 14.8 Å². The van der Waals surface area contributed by atoms with Crippen molar-refractivity contribution in [2.24, 2.45) is 0 Å². The number of amides is 2. The second-order valence-corrected chi connectivity index (χ2v) is 8.14. The van der Waals surface area contributed by atoms with E-state index in [1.54, 1.807) is 18.2 Å². The van der Waals surface area contributed by atoms with E-state index in [1.165, 1.54) is 24.1 Å². The first-order chi connectivity index (χ1) is 16.5. The lowest BCUT2D eigenvalue weighted by Gasteiger charge is -2.24. The molecule has 2 amide bonds. The quantitative estimate of drug-likeness (QED) is 0.515. The number of anilines is 1. The molecule has 0 radical (unpaired) electrons. The predicted octanol–water partition coefficient (Wildman–Crippen LogP) is 5.29. The Labute approximate surface area is 201 Å². The summed E-state index contributed by atoms with van der Waals surface area (Å²) in [5.74, 6) is -0.856. The SMILES string of the molecule is COc1nc(-c2ccccc2F)cc(Cl)c1NC(=O)C1CCCN1C(=O)OCc1ccccc1. The van der Waals surface area contributed by atoms with E-state index in [0.717, 1.165) is 5.56 Å². The van der Waals surface area contributed by atoms with E-state index in [4.69, 9.17) is 21.1 Å². The Morgan fingerprint density at radius 2 is 1.91 bits per heavy atom. The predicted molar refractivity (Wildman–Crippen MR) is 126 cm³/mol. The molecule has 0 aliphatic carbocycles. The van der Waals surface area contributed by atoms with E-state index in [1.807, 2.05) is 30.3 Å². The first-order valence-electron chi connectivity index (χ1n) is 10.8. The molecule has 0 spiro atoms. The number of nitrogens with zero attached hydrogens (tertiary/aromatic N) is 2. The average molecular weight is 484 g/mol. The summed E-state index contributed by atoms with van der Waals surface area (Å²) in [6.07, 6.45) is 0.577. The zero-order valence-corrected chi connectivity index (χ0v) is 19.2. The lowest BCUT2D eigenvalue weighted by atomic mass is 10.1. The van der Waals surface area contributed by atoms with E-state index < -0.39 is 23.9 Å². The molecule has 1 aliphatic rings. The molecule has 9 heteroatoms. The number of hydrogen-bond acceptors (Lipinski definition) is 5. The lowest BCUT2D eigenvalue weighted by Crippen LogP contribution is -2.43. The molecule has 34 heavy (non-hydrogen) atoms. The van der Waals surface area contributed by atoms with Crippen LogP contribution < -0.4 is 10.1 Å². The van der Waals surface area contributed by atoms with Crippen molar-refractivity contribution in [1.82, 2.24) is 9.88 Å². The number of hydrogen-bond donors (Lipinski definition) is 1. The minimum absolute atomic E-state index is 0.0373. The van der Waals surface area contributed by atoms with E-state index in [9.17, 15) is 14.0 Å². The number of ether oxygens (including phenoxy) is 2. The normalized spacial score (nSPS) is 15.1. The molecule has 1 fully saturated rings. The summed E-state index contributed by atoms with van der Waals surface area (Å²) < 4.78 is 24.9. The molecule has 1 N–H and O–H groups in total. The van der Waals surface area contributed by atoms with E-state index in [0.29, 0.717) is 19.4 Å². The third-order valence-electron chi connectivity index (χ3n) is 5.52. The molecular weight excluding hydrogens is 461 g/mol. The van der Waals surface area contributed by atoms with E-state index in [2.05, 4.69) is 10.3 Å². The molecule has 3 aromatic rings. The van der Waals surface area contributed by atoms with Crippen LogP contribution in [0, 0.1) is 5.82 Å². The van der Waals surface area contributed by atoms with Crippen LogP contribution in [0.4, 0.5) is 14.9 Å². The second-order valence-electron chi connectivity index (χ2n) is 7.73. The molecule has 2 heterocycles. The van der Waals surface area contributed by atoms with Crippen molar-refractivity contribution >= 4 is 29.3 Å². The number of carbonyl (C=O) groups is 2. The maximum Gasteiger partial charge on any atom is 0.410 e. The van der Waals surface area contributed by atoms with Crippen molar-refractivity contribution < 1.29 is 23.5 Å². The minimum atomic E-state index is -0.727. The Morgan fingerprint density at radius 1 is 1.18 bits per heavy atom. The third kappa shape index (κ3) is 5.12. The number of nitrogens with one attached hydrogen (secondary N) is 1. The molecule has 1 saturated heterocycles. The summed E-state index contributed by atoms with van der Waals surface area (Å²) in [6.45, 7) is 0.520. The standard InChI is InChI=1S/C25H23ClFN3O4/c1-33-24-22(18(26)14-20(28-24)17-10-5-6-11-19(17)27)29-23(31)21-12-7-13-30(21)25(32)34-15-16-8-3-2-4-9-16/h2-6,8-11,14,21H,7,12-13,15H2,1H3,(H,29,31). The van der Waals surface area contributed by atoms with Gasteiger partial charge in [-0.25, -0.2) is 14.2 Å². The average Bonchev–Trinajstić information content (AvgIpc) is 3.35. The van der Waals surface area contributed by atoms with Crippen LogP contribution in [0.15, 0.2) is 60.7 Å². The zero-order chi connectivity index (χ0) is 24.1. The van der Waals surface area contributed by atoms with Crippen LogP contribution in [0.3, 0.4) is 0 Å². The largest absolute Gasteiger partial charge is 0.479 e. The Bertz CT molecular complexity index is 1190. The van der Waals surface area contributed by atoms with Crippen LogP contribution in [-0.4, -0.2) is 41.6 Å². The van der Waals surface area contributed by atoms with Crippen LogP contribution >= 0.6 is 11.6 Å². The molecule has 0 saturated carbocycles. The highest BCUT2D eigenvalue weighted by Crippen LogP contribution is 2.36. The van der Waals surface area contributed by atoms with Crippen molar-refractivity contribution in [1.29, 1.82) is 0 Å². The summed E-state index contributed by atoms with van der Waals surface area (Å²) in [5.41, 5.74) is 1.53. The fourth-order valence-corrected chi connectivity index (χ4v) is 4.06. The van der Waals surface area contributed by atoms with Gasteiger partial charge in [-0.2, -0.15) is 0 Å². The molecule has 1 aromatic heterocycles. The zero-order valence-electron chi connectivity index (χ0n) is 18.5. The number of rotatable bonds is 6. The molecule has 2 aromatic carbocycles. The summed E-state index contributed by atoms with van der Waals surface area (Å²) in [4.78, 5) is 31.4. The lowest BCUT2D eigenvalue weighted by molar-refractivity contribution is -0.120. The molecule has 0 bridgehead atoms. The number of pyridine rings is 1. The van der Waals surface area contributed by atoms with Gasteiger partial charge in [0.15, 0.2) is 0 Å². The van der Waals surface area contributed by atoms with Gasteiger partial charge in [0.25, 0.3) is 0 Å². The van der Waals surface area contributed by atoms with Crippen LogP contribution in [0.2, 0.25) is 5.02 Å². The fraction of sp³-hybridized carbons (Fsp3) is 0.240. The maximum absolute atomic E-state index is 14.2. The van der Waals surface area contributed by atoms with Crippen molar-refractivity contribution in [3.8, 4) is 17.1 Å². The third-order valence-corrected chi connectivity index (χ3v) is 5.82. The van der Waals surface area contributed by atoms with Gasteiger partial charge in [-0.1, -0.05) is 54.1 Å². The fourth-order valence-electron chi connectivity index (χ4n) is 3.83. The highest BCUT2D eigenvalue weighted by Gasteiger charge is 2.36. The Morgan fingerprint density at radius 3 is 2.65 bits per heavy atom. The number of methoxy groups -OCH3 is 1. The summed E-state index contributed by atoms with van der Waals surface area (Å²) in [6, 6.07) is 16.2. The van der Waals surface area contributed by atoms with Crippen LogP contribution in [0.1, 0.15) is 18.4 Å². The van der Waals surface area contributed by atoms with Crippen LogP contribution in [0.5, 0.6) is 5.88 Å². The first-order valence-corrected chi connectivity index (χ1v) is 11.1. The molecule has 1 atom stereocenters. The smallest absolute Gasteiger partial charge is 0.410 e. The van der Waals surface area contributed by atoms with Crippen molar-refractivity contribution in [2.75, 3.05) is 19.0 Å². The van der Waals surface area contributed by atoms with Crippen molar-refractivity contribution in [2.45, 2.75) is 25.5 Å². The van der Waals surface area contributed by atoms with Gasteiger partial charge in [-0.05, 0) is 36.6 Å². The monoisotopic (exact) mass is 483 g/mol. The Hall–Kier alpha value is -3.65. The molecule has 7 nitrogen and oxygen atoms in total. The number of benzene rings is 2. The van der Waals surface area contributed by atoms with Gasteiger partial charge in [-0.15, -0.1) is 0 Å². The van der Waals surface area contributed by atoms with Gasteiger partial charge in [0.2, 0.25) is 11.8 Å². The first kappa shape index (κ1) is 23.5. The van der Waals surface area contributed by atoms with Gasteiger partial charge >= 0.3 is 6.09 Å². The van der Waals surface area contributed by atoms with Gasteiger partial charge in [0, 0.05) is 12.1 Å². The number of carbonyl (C=O) groups excluding carboxylic acids is 2. The molecule has 4 rings (SSSR count). The minimum Gasteiger partial charge on any atom is -0.479 e. The van der Waals surface area contributed by atoms with Crippen molar-refractivity contribution in [3.05, 3.63) is 77.1 Å². The van der Waals surface area contributed by atoms with Crippen LogP contribution in [-0.2, 0) is 16.1 Å². The highest BCUT2D eigenvalue weighted by molar-refractivity contribution is 6.34. The molecular formula is C25H23ClFN3O4. The maximum atomic E-state index is 14.2. The van der Waals surface area contributed by atoms with Gasteiger partial charge in [0.1, 0.15) is 24.2 Å². The van der Waals surface area contributed by atoms with Crippen molar-refractivity contribution in [3.63, 3.8) is 0 Å². The number of aromatic nitrogens is 1. The van der Waals surface area contributed by atoms with Crippen LogP contribution in [0.25, 0.3) is 11.3 Å². The van der Waals surface area contributed by atoms with E-state index in [-0.39, 0.29) is 34.5 Å². The Balaban J connectivity index is 1.49. The summed E-state index contributed by atoms with van der Waals surface area (Å²) in [5, 5.41) is 2.86. The second kappa shape index (κ2) is 10.5. The molecule has 1 aliphatic heterocycles. The topological polar surface area (TPSA) is 80.8 Å². The van der Waals surface area contributed by atoms with Gasteiger partial charge in [-0.3, -0.25) is 9.69 Å². The Kier molecular flexibility index (Phi) is 7.27. The summed E-state index contributed by atoms with van der Waals surface area (Å²) in [7, 11) is 1.38. The number of halogens is 2. The summed E-state index contributed by atoms with van der Waals surface area (Å²) >= 11 is 6.42. The number of likely N-dealkylation sites (tertiary alicyclic amines) is 1.